The molecular formula is C63H116O12S. The van der Waals surface area contributed by atoms with Crippen LogP contribution in [0.5, 0.6) is 0 Å². The number of carbonyl (C=O) groups excluding carboxylic acids is 1. The van der Waals surface area contributed by atoms with Crippen molar-refractivity contribution in [2.75, 3.05) is 26.4 Å². The van der Waals surface area contributed by atoms with Crippen molar-refractivity contribution in [3.05, 3.63) is 48.6 Å². The summed E-state index contributed by atoms with van der Waals surface area (Å²) in [6, 6.07) is 0. The number of unbranched alkanes of at least 4 members (excludes halogenated alkanes) is 35. The highest BCUT2D eigenvalue weighted by Crippen LogP contribution is 2.26. The molecule has 1 aliphatic heterocycles. The smallest absolute Gasteiger partial charge is 0.397 e. The van der Waals surface area contributed by atoms with Crippen LogP contribution >= 0.6 is 0 Å². The molecule has 6 unspecified atom stereocenters. The van der Waals surface area contributed by atoms with E-state index in [0.717, 1.165) is 51.4 Å². The fourth-order valence-electron chi connectivity index (χ4n) is 9.68. The first-order valence-electron chi connectivity index (χ1n) is 31.4. The van der Waals surface area contributed by atoms with Crippen molar-refractivity contribution in [2.24, 2.45) is 0 Å². The topological polar surface area (TPSA) is 178 Å². The van der Waals surface area contributed by atoms with Gasteiger partial charge in [0.15, 0.2) is 6.29 Å². The van der Waals surface area contributed by atoms with E-state index in [1.165, 1.54) is 205 Å². The first-order valence-corrected chi connectivity index (χ1v) is 32.8. The zero-order chi connectivity index (χ0) is 55.3. The molecule has 1 fully saturated rings. The molecule has 4 N–H and O–H groups in total. The van der Waals surface area contributed by atoms with E-state index in [4.69, 9.17) is 18.9 Å². The summed E-state index contributed by atoms with van der Waals surface area (Å²) >= 11 is 0. The van der Waals surface area contributed by atoms with Gasteiger partial charge in [-0.2, -0.15) is 8.42 Å². The van der Waals surface area contributed by atoms with Crippen molar-refractivity contribution in [3.8, 4) is 0 Å². The Hall–Kier alpha value is -1.94. The minimum atomic E-state index is -5.07. The first-order chi connectivity index (χ1) is 37.1. The maximum Gasteiger partial charge on any atom is 0.397 e. The van der Waals surface area contributed by atoms with Gasteiger partial charge in [-0.25, -0.2) is 4.18 Å². The lowest BCUT2D eigenvalue weighted by molar-refractivity contribution is -0.301. The number of carbonyl (C=O) groups is 1. The molecule has 1 saturated heterocycles. The van der Waals surface area contributed by atoms with Crippen LogP contribution in [0.25, 0.3) is 0 Å². The Balaban J connectivity index is 2.26. The van der Waals surface area contributed by atoms with Gasteiger partial charge in [0.05, 0.1) is 19.8 Å². The molecule has 0 spiro atoms. The number of rotatable bonds is 56. The average molecular weight is 1100 g/mol. The maximum absolute atomic E-state index is 13.0. The van der Waals surface area contributed by atoms with Crippen LogP contribution in [0.1, 0.15) is 284 Å². The van der Waals surface area contributed by atoms with Gasteiger partial charge in [-0.15, -0.1) is 0 Å². The Labute approximate surface area is 466 Å². The summed E-state index contributed by atoms with van der Waals surface area (Å²) in [6.45, 7) is 4.02. The monoisotopic (exact) mass is 1100 g/mol. The predicted octanol–water partition coefficient (Wildman–Crippen LogP) is 16.2. The van der Waals surface area contributed by atoms with Gasteiger partial charge in [-0.1, -0.05) is 249 Å². The summed E-state index contributed by atoms with van der Waals surface area (Å²) < 4.78 is 59.6. The van der Waals surface area contributed by atoms with Crippen molar-refractivity contribution in [2.45, 2.75) is 320 Å². The summed E-state index contributed by atoms with van der Waals surface area (Å²) in [5, 5.41) is 30.9. The molecule has 1 heterocycles. The highest BCUT2D eigenvalue weighted by atomic mass is 32.3. The average Bonchev–Trinajstić information content (AvgIpc) is 3.40. The third kappa shape index (κ3) is 45.9. The molecular weight excluding hydrogens is 981 g/mol. The normalized spacial score (nSPS) is 18.8. The van der Waals surface area contributed by atoms with Gasteiger partial charge in [0.1, 0.15) is 30.5 Å². The third-order valence-electron chi connectivity index (χ3n) is 14.4. The molecule has 76 heavy (non-hydrogen) atoms. The Morgan fingerprint density at radius 1 is 0.500 bits per heavy atom. The van der Waals surface area contributed by atoms with E-state index in [1.54, 1.807) is 0 Å². The zero-order valence-electron chi connectivity index (χ0n) is 48.6. The van der Waals surface area contributed by atoms with Gasteiger partial charge in [-0.05, 0) is 77.0 Å². The second-order valence-electron chi connectivity index (χ2n) is 21.6. The highest BCUT2D eigenvalue weighted by molar-refractivity contribution is 7.80. The van der Waals surface area contributed by atoms with Crippen molar-refractivity contribution in [3.63, 3.8) is 0 Å². The Bertz CT molecular complexity index is 1500. The lowest BCUT2D eigenvalue weighted by Crippen LogP contribution is -2.60. The van der Waals surface area contributed by atoms with Crippen LogP contribution in [0, 0.1) is 0 Å². The van der Waals surface area contributed by atoms with Gasteiger partial charge in [0.25, 0.3) is 0 Å². The number of hydrogen-bond acceptors (Lipinski definition) is 11. The van der Waals surface area contributed by atoms with Crippen molar-refractivity contribution < 1.29 is 56.2 Å². The molecule has 1 rings (SSSR count). The molecule has 0 aromatic rings. The molecule has 446 valence electrons. The van der Waals surface area contributed by atoms with Crippen LogP contribution in [0.2, 0.25) is 0 Å². The summed E-state index contributed by atoms with van der Waals surface area (Å²) in [5.41, 5.74) is 0. The van der Waals surface area contributed by atoms with E-state index in [-0.39, 0.29) is 19.6 Å². The minimum absolute atomic E-state index is 0.0348. The molecule has 6 atom stereocenters. The predicted molar refractivity (Wildman–Crippen MR) is 313 cm³/mol. The number of ether oxygens (including phenoxy) is 4. The fraction of sp³-hybridized carbons (Fsp3) is 0.857. The SMILES string of the molecule is CCCCCCC/C=C\C/C=C\C/C=C\CCCCCCCCCCCCCOCC(COC1OC(CO)C(O)C(OS(=O)(=O)O)C1O)OC(=O)CCCCCCCCCCCCC/C=C\CCCCCCCCCC. The van der Waals surface area contributed by atoms with Gasteiger partial charge < -0.3 is 34.3 Å². The Kier molecular flexibility index (Phi) is 50.9. The summed E-state index contributed by atoms with van der Waals surface area (Å²) in [5.74, 6) is -0.397. The molecule has 0 aromatic carbocycles. The zero-order valence-corrected chi connectivity index (χ0v) is 49.4. The molecule has 12 nitrogen and oxygen atoms in total. The van der Waals surface area contributed by atoms with Crippen molar-refractivity contribution in [1.29, 1.82) is 0 Å². The minimum Gasteiger partial charge on any atom is -0.457 e. The Morgan fingerprint density at radius 3 is 1.28 bits per heavy atom. The summed E-state index contributed by atoms with van der Waals surface area (Å²) in [7, 11) is -5.07. The van der Waals surface area contributed by atoms with Crippen LogP contribution in [-0.2, 0) is 38.3 Å². The number of esters is 1. The largest absolute Gasteiger partial charge is 0.457 e. The fourth-order valence-corrected chi connectivity index (χ4v) is 10.2. The van der Waals surface area contributed by atoms with E-state index in [2.05, 4.69) is 66.6 Å². The van der Waals surface area contributed by atoms with E-state index in [9.17, 15) is 33.1 Å². The molecule has 0 aromatic heterocycles. The molecule has 0 bridgehead atoms. The highest BCUT2D eigenvalue weighted by Gasteiger charge is 2.48. The van der Waals surface area contributed by atoms with Crippen LogP contribution in [0.3, 0.4) is 0 Å². The summed E-state index contributed by atoms with van der Waals surface area (Å²) in [6.07, 6.45) is 60.1. The van der Waals surface area contributed by atoms with E-state index >= 15 is 0 Å². The number of allylic oxidation sites excluding steroid dienone is 8. The first kappa shape index (κ1) is 72.1. The maximum atomic E-state index is 13.0. The molecule has 0 saturated carbocycles. The standard InChI is InChI=1S/C63H116O12S/c1-3-5-7-9-11-13-15-17-19-21-23-25-27-28-29-31-33-35-37-39-41-43-45-47-49-51-53-71-55-57(56-72-63-61(67)62(75-76(68,69)70)60(66)58(54-64)74-63)73-59(65)52-50-48-46-44-42-40-38-36-34-32-30-26-24-22-20-18-16-14-12-10-8-6-4-2/h15,17,21-24,27-28,57-58,60-64,66-67H,3-14,16,18-20,25-26,29-56H2,1-2H3,(H,68,69,70)/b17-15-,23-21-,24-22-,28-27-. The van der Waals surface area contributed by atoms with Gasteiger partial charge in [-0.3, -0.25) is 9.35 Å². The second-order valence-corrected chi connectivity index (χ2v) is 22.7. The second kappa shape index (κ2) is 53.7. The van der Waals surface area contributed by atoms with E-state index in [1.807, 2.05) is 0 Å². The van der Waals surface area contributed by atoms with Crippen LogP contribution in [0.15, 0.2) is 48.6 Å². The number of aliphatic hydroxyl groups excluding tert-OH is 3. The lowest BCUT2D eigenvalue weighted by atomic mass is 9.99. The van der Waals surface area contributed by atoms with E-state index in [0.29, 0.717) is 13.0 Å². The molecule has 13 heteroatoms. The van der Waals surface area contributed by atoms with Crippen molar-refractivity contribution >= 4 is 16.4 Å². The van der Waals surface area contributed by atoms with Gasteiger partial charge >= 0.3 is 16.4 Å². The van der Waals surface area contributed by atoms with E-state index < -0.39 is 59.8 Å². The van der Waals surface area contributed by atoms with Crippen LogP contribution in [-0.4, -0.2) is 97.5 Å². The third-order valence-corrected chi connectivity index (χ3v) is 14.9. The molecule has 1 aliphatic rings. The van der Waals surface area contributed by atoms with Gasteiger partial charge in [0, 0.05) is 13.0 Å². The quantitative estimate of drug-likeness (QED) is 0.0196. The van der Waals surface area contributed by atoms with Gasteiger partial charge in [0.2, 0.25) is 0 Å². The number of hydrogen-bond donors (Lipinski definition) is 4. The number of aliphatic hydroxyl groups is 3. The molecule has 0 aliphatic carbocycles. The lowest BCUT2D eigenvalue weighted by Gasteiger charge is -2.41. The van der Waals surface area contributed by atoms with Crippen LogP contribution < -0.4 is 0 Å². The van der Waals surface area contributed by atoms with Crippen molar-refractivity contribution in [1.82, 2.24) is 0 Å². The molecule has 0 radical (unpaired) electrons. The van der Waals surface area contributed by atoms with Crippen LogP contribution in [0.4, 0.5) is 0 Å². The Morgan fingerprint density at radius 2 is 0.868 bits per heavy atom. The summed E-state index contributed by atoms with van der Waals surface area (Å²) in [4.78, 5) is 13.0. The molecule has 0 amide bonds.